The molecule has 2 heterocycles. The summed E-state index contributed by atoms with van der Waals surface area (Å²) in [6, 6.07) is 3.88. The summed E-state index contributed by atoms with van der Waals surface area (Å²) in [5.74, 6) is -0.0220. The van der Waals surface area contributed by atoms with Crippen molar-refractivity contribution >= 4 is 38.9 Å². The van der Waals surface area contributed by atoms with Crippen molar-refractivity contribution in [2.75, 3.05) is 18.9 Å². The minimum atomic E-state index is -0.0220. The van der Waals surface area contributed by atoms with Crippen LogP contribution in [-0.4, -0.2) is 29.4 Å². The maximum absolute atomic E-state index is 12.6. The summed E-state index contributed by atoms with van der Waals surface area (Å²) >= 11 is 5.07. The summed E-state index contributed by atoms with van der Waals surface area (Å²) in [5.41, 5.74) is 1.46. The third-order valence-electron chi connectivity index (χ3n) is 2.98. The van der Waals surface area contributed by atoms with E-state index in [2.05, 4.69) is 33.2 Å². The lowest BCUT2D eigenvalue weighted by molar-refractivity contribution is 0.0787. The lowest BCUT2D eigenvalue weighted by atomic mass is 10.2. The van der Waals surface area contributed by atoms with Crippen molar-refractivity contribution in [2.45, 2.75) is 19.9 Å². The summed E-state index contributed by atoms with van der Waals surface area (Å²) in [4.78, 5) is 19.5. The Hall–Kier alpha value is -1.40. The molecule has 0 atom stereocenters. The van der Waals surface area contributed by atoms with Gasteiger partial charge in [0.15, 0.2) is 0 Å². The summed E-state index contributed by atoms with van der Waals surface area (Å²) in [6.45, 7) is 3.53. The molecule has 0 saturated heterocycles. The van der Waals surface area contributed by atoms with Gasteiger partial charge in [0.05, 0.1) is 17.8 Å². The molecule has 6 heteroatoms. The molecule has 1 amide bonds. The van der Waals surface area contributed by atoms with Gasteiger partial charge >= 0.3 is 0 Å². The van der Waals surface area contributed by atoms with Crippen LogP contribution in [0.5, 0.6) is 0 Å². The highest BCUT2D eigenvalue weighted by Crippen LogP contribution is 2.22. The topological polar surface area (TPSA) is 45.2 Å². The highest BCUT2D eigenvalue weighted by Gasteiger charge is 2.16. The summed E-state index contributed by atoms with van der Waals surface area (Å²) in [6.07, 6.45) is 4.33. The molecule has 0 saturated carbocycles. The van der Waals surface area contributed by atoms with E-state index < -0.39 is 0 Å². The van der Waals surface area contributed by atoms with Crippen LogP contribution in [0.2, 0.25) is 0 Å². The average Bonchev–Trinajstić information content (AvgIpc) is 2.89. The van der Waals surface area contributed by atoms with Crippen molar-refractivity contribution in [3.8, 4) is 0 Å². The number of nitrogens with one attached hydrogen (secondary N) is 1. The maximum Gasteiger partial charge on any atom is 0.257 e. The van der Waals surface area contributed by atoms with Crippen LogP contribution in [0.1, 0.15) is 28.6 Å². The van der Waals surface area contributed by atoms with Crippen LogP contribution in [0, 0.1) is 0 Å². The van der Waals surface area contributed by atoms with E-state index >= 15 is 0 Å². The lowest BCUT2D eigenvalue weighted by Gasteiger charge is -2.18. The molecule has 0 aliphatic rings. The van der Waals surface area contributed by atoms with Gasteiger partial charge in [0, 0.05) is 40.7 Å². The Morgan fingerprint density at radius 3 is 3.00 bits per heavy atom. The minimum absolute atomic E-state index is 0.0220. The second-order valence-corrected chi connectivity index (χ2v) is 6.65. The van der Waals surface area contributed by atoms with Gasteiger partial charge in [-0.15, -0.1) is 11.3 Å². The molecule has 0 aliphatic carbocycles. The van der Waals surface area contributed by atoms with Gasteiger partial charge in [-0.3, -0.25) is 9.78 Å². The quantitative estimate of drug-likeness (QED) is 0.838. The fraction of sp³-hybridized carbons (Fsp3) is 0.333. The highest BCUT2D eigenvalue weighted by atomic mass is 79.9. The van der Waals surface area contributed by atoms with Crippen LogP contribution < -0.4 is 5.32 Å². The number of anilines is 1. The number of nitrogens with zero attached hydrogens (tertiary/aromatic N) is 2. The maximum atomic E-state index is 12.6. The van der Waals surface area contributed by atoms with Crippen molar-refractivity contribution in [1.29, 1.82) is 0 Å². The predicted octanol–water partition coefficient (Wildman–Crippen LogP) is 4.00. The Kier molecular flexibility index (Phi) is 5.76. The first-order chi connectivity index (χ1) is 10.1. The third-order valence-corrected chi connectivity index (χ3v) is 4.66. The van der Waals surface area contributed by atoms with E-state index in [9.17, 15) is 4.79 Å². The second kappa shape index (κ2) is 7.56. The first-order valence-electron chi connectivity index (χ1n) is 6.78. The van der Waals surface area contributed by atoms with Gasteiger partial charge in [0.1, 0.15) is 0 Å². The van der Waals surface area contributed by atoms with Gasteiger partial charge < -0.3 is 10.2 Å². The second-order valence-electron chi connectivity index (χ2n) is 4.74. The van der Waals surface area contributed by atoms with Crippen molar-refractivity contribution in [3.05, 3.63) is 44.8 Å². The number of thiophene rings is 1. The molecular formula is C15H18BrN3OS. The molecule has 2 aromatic rings. The summed E-state index contributed by atoms with van der Waals surface area (Å²) in [5, 5.41) is 5.29. The number of hydrogen-bond acceptors (Lipinski definition) is 4. The van der Waals surface area contributed by atoms with Crippen LogP contribution in [0.25, 0.3) is 0 Å². The number of rotatable bonds is 6. The van der Waals surface area contributed by atoms with E-state index in [0.29, 0.717) is 12.1 Å². The Bertz CT molecular complexity index is 614. The van der Waals surface area contributed by atoms with Gasteiger partial charge in [-0.25, -0.2) is 0 Å². The fourth-order valence-corrected chi connectivity index (χ4v) is 3.43. The van der Waals surface area contributed by atoms with Crippen molar-refractivity contribution in [1.82, 2.24) is 9.88 Å². The van der Waals surface area contributed by atoms with Gasteiger partial charge in [0.2, 0.25) is 0 Å². The van der Waals surface area contributed by atoms with Gasteiger partial charge in [-0.2, -0.15) is 0 Å². The number of carbonyl (C=O) groups excluding carboxylic acids is 1. The first kappa shape index (κ1) is 16.0. The molecule has 0 aliphatic heterocycles. The highest BCUT2D eigenvalue weighted by molar-refractivity contribution is 9.10. The SMILES string of the molecule is CCCNc1ccncc1C(=O)N(C)Cc1cc(Br)cs1. The Morgan fingerprint density at radius 1 is 1.52 bits per heavy atom. The zero-order valence-corrected chi connectivity index (χ0v) is 14.5. The monoisotopic (exact) mass is 367 g/mol. The van der Waals surface area contributed by atoms with Crippen molar-refractivity contribution in [3.63, 3.8) is 0 Å². The average molecular weight is 368 g/mol. The van der Waals surface area contributed by atoms with E-state index in [-0.39, 0.29) is 5.91 Å². The Morgan fingerprint density at radius 2 is 2.33 bits per heavy atom. The summed E-state index contributed by atoms with van der Waals surface area (Å²) < 4.78 is 1.05. The van der Waals surface area contributed by atoms with E-state index in [1.807, 2.05) is 24.6 Å². The number of aromatic nitrogens is 1. The van der Waals surface area contributed by atoms with Crippen LogP contribution in [0.3, 0.4) is 0 Å². The molecule has 112 valence electrons. The molecule has 2 rings (SSSR count). The van der Waals surface area contributed by atoms with Crippen LogP contribution >= 0.6 is 27.3 Å². The van der Waals surface area contributed by atoms with E-state index in [1.165, 1.54) is 0 Å². The van der Waals surface area contributed by atoms with Crippen LogP contribution in [0.15, 0.2) is 34.4 Å². The van der Waals surface area contributed by atoms with Crippen LogP contribution in [0.4, 0.5) is 5.69 Å². The number of hydrogen-bond donors (Lipinski definition) is 1. The predicted molar refractivity (Wildman–Crippen MR) is 90.8 cm³/mol. The molecule has 0 spiro atoms. The lowest BCUT2D eigenvalue weighted by Crippen LogP contribution is -2.27. The molecule has 0 unspecified atom stereocenters. The van der Waals surface area contributed by atoms with Crippen molar-refractivity contribution < 1.29 is 4.79 Å². The summed E-state index contributed by atoms with van der Waals surface area (Å²) in [7, 11) is 1.81. The first-order valence-corrected chi connectivity index (χ1v) is 8.45. The Labute approximate surface area is 137 Å². The molecule has 0 fully saturated rings. The number of pyridine rings is 1. The largest absolute Gasteiger partial charge is 0.384 e. The molecule has 0 radical (unpaired) electrons. The normalized spacial score (nSPS) is 10.4. The number of carbonyl (C=O) groups is 1. The van der Waals surface area contributed by atoms with Gasteiger partial charge in [-0.1, -0.05) is 6.92 Å². The molecule has 0 aromatic carbocycles. The van der Waals surface area contributed by atoms with Crippen LogP contribution in [-0.2, 0) is 6.54 Å². The van der Waals surface area contributed by atoms with E-state index in [1.54, 1.807) is 28.6 Å². The number of amides is 1. The van der Waals surface area contributed by atoms with Gasteiger partial charge in [-0.05, 0) is 34.5 Å². The minimum Gasteiger partial charge on any atom is -0.384 e. The standard InChI is InChI=1S/C15H18BrN3OS/c1-3-5-18-14-4-6-17-8-13(14)15(20)19(2)9-12-7-11(16)10-21-12/h4,6-8,10H,3,5,9H2,1-2H3,(H,17,18). The molecule has 2 aromatic heterocycles. The third kappa shape index (κ3) is 4.28. The zero-order valence-electron chi connectivity index (χ0n) is 12.1. The molecule has 21 heavy (non-hydrogen) atoms. The molecule has 1 N–H and O–H groups in total. The molecular weight excluding hydrogens is 350 g/mol. The van der Waals surface area contributed by atoms with Crippen molar-refractivity contribution in [2.24, 2.45) is 0 Å². The molecule has 0 bridgehead atoms. The smallest absolute Gasteiger partial charge is 0.257 e. The van der Waals surface area contributed by atoms with E-state index in [4.69, 9.17) is 0 Å². The fourth-order valence-electron chi connectivity index (χ4n) is 1.93. The zero-order chi connectivity index (χ0) is 15.2. The number of halogens is 1. The Balaban J connectivity index is 2.11. The van der Waals surface area contributed by atoms with E-state index in [0.717, 1.165) is 28.0 Å². The van der Waals surface area contributed by atoms with Gasteiger partial charge in [0.25, 0.3) is 5.91 Å². The molecule has 4 nitrogen and oxygen atoms in total.